The largest absolute Gasteiger partial charge is 0.396 e. The number of aliphatic hydroxyl groups is 1. The molecule has 12 heteroatoms. The molecule has 0 atom stereocenters. The van der Waals surface area contributed by atoms with Gasteiger partial charge < -0.3 is 15.7 Å². The molecule has 4 N–H and O–H groups in total. The zero-order valence-electron chi connectivity index (χ0n) is 18.0. The minimum Gasteiger partial charge on any atom is -0.396 e. The Balaban J connectivity index is 1.61. The monoisotopic (exact) mass is 452 g/mol. The van der Waals surface area contributed by atoms with Crippen LogP contribution in [0.2, 0.25) is 0 Å². The Kier molecular flexibility index (Phi) is 6.56. The van der Waals surface area contributed by atoms with Crippen molar-refractivity contribution >= 4 is 28.9 Å². The Hall–Kier alpha value is -3.90. The molecule has 33 heavy (non-hydrogen) atoms. The van der Waals surface area contributed by atoms with Crippen molar-refractivity contribution in [1.29, 1.82) is 0 Å². The number of carbonyl (C=O) groups is 2. The summed E-state index contributed by atoms with van der Waals surface area (Å²) in [5.74, 6) is -1.01. The van der Waals surface area contributed by atoms with Gasteiger partial charge in [0.1, 0.15) is 6.33 Å². The standard InChI is InChI=1S/C21H24N8O4/c1-28-11-17(19(27-28)21(32)29(33)7-2-8-30)26-20(31)18-16(24-14-9-22-12-23-10-14)6-5-15(25-18)13-3-4-13/h5-6,9-13,24,30,33H,2-4,7-8H2,1H3,(H,26,31). The molecule has 0 aliphatic heterocycles. The molecule has 1 aliphatic carbocycles. The van der Waals surface area contributed by atoms with Gasteiger partial charge in [0.2, 0.25) is 0 Å². The van der Waals surface area contributed by atoms with E-state index in [1.165, 1.54) is 17.2 Å². The molecule has 3 aromatic heterocycles. The molecule has 4 rings (SSSR count). The van der Waals surface area contributed by atoms with Gasteiger partial charge in [-0.15, -0.1) is 0 Å². The van der Waals surface area contributed by atoms with Crippen molar-refractivity contribution in [2.75, 3.05) is 23.8 Å². The lowest BCUT2D eigenvalue weighted by molar-refractivity contribution is -0.0607. The number of hydroxylamine groups is 2. The number of aryl methyl sites for hydroxylation is 1. The third kappa shape index (κ3) is 5.30. The topological polar surface area (TPSA) is 158 Å². The predicted octanol–water partition coefficient (Wildman–Crippen LogP) is 1.69. The lowest BCUT2D eigenvalue weighted by Gasteiger charge is -2.15. The highest BCUT2D eigenvalue weighted by molar-refractivity contribution is 6.09. The van der Waals surface area contributed by atoms with Crippen LogP contribution in [-0.4, -0.2) is 65.1 Å². The molecule has 0 unspecified atom stereocenters. The number of carbonyl (C=O) groups excluding carboxylic acids is 2. The van der Waals surface area contributed by atoms with Gasteiger partial charge in [0.15, 0.2) is 11.4 Å². The molecule has 0 bridgehead atoms. The third-order valence-electron chi connectivity index (χ3n) is 5.01. The Morgan fingerprint density at radius 2 is 1.94 bits per heavy atom. The molecule has 0 aromatic carbocycles. The smallest absolute Gasteiger partial charge is 0.299 e. The molecule has 0 spiro atoms. The van der Waals surface area contributed by atoms with Crippen LogP contribution in [0.1, 0.15) is 51.9 Å². The first kappa shape index (κ1) is 22.3. The van der Waals surface area contributed by atoms with Crippen molar-refractivity contribution < 1.29 is 19.9 Å². The minimum absolute atomic E-state index is 0.0719. The Morgan fingerprint density at radius 1 is 1.18 bits per heavy atom. The van der Waals surface area contributed by atoms with Crippen LogP contribution < -0.4 is 10.6 Å². The summed E-state index contributed by atoms with van der Waals surface area (Å²) in [6, 6.07) is 3.66. The van der Waals surface area contributed by atoms with E-state index in [4.69, 9.17) is 5.11 Å². The van der Waals surface area contributed by atoms with Crippen molar-refractivity contribution in [3.8, 4) is 0 Å². The van der Waals surface area contributed by atoms with E-state index in [1.807, 2.05) is 6.07 Å². The summed E-state index contributed by atoms with van der Waals surface area (Å²) >= 11 is 0. The van der Waals surface area contributed by atoms with Gasteiger partial charge in [0.25, 0.3) is 11.8 Å². The average molecular weight is 452 g/mol. The zero-order valence-corrected chi connectivity index (χ0v) is 18.0. The number of aromatic nitrogens is 5. The maximum atomic E-state index is 13.2. The van der Waals surface area contributed by atoms with Crippen molar-refractivity contribution in [3.63, 3.8) is 0 Å². The summed E-state index contributed by atoms with van der Waals surface area (Å²) in [6.07, 6.45) is 8.26. The Labute approximate surface area is 189 Å². The van der Waals surface area contributed by atoms with E-state index >= 15 is 0 Å². The number of amides is 2. The van der Waals surface area contributed by atoms with Crippen LogP contribution in [0.5, 0.6) is 0 Å². The minimum atomic E-state index is -0.793. The Morgan fingerprint density at radius 3 is 2.64 bits per heavy atom. The summed E-state index contributed by atoms with van der Waals surface area (Å²) in [6.45, 7) is -0.251. The predicted molar refractivity (Wildman–Crippen MR) is 117 cm³/mol. The van der Waals surface area contributed by atoms with Crippen LogP contribution in [-0.2, 0) is 7.05 Å². The van der Waals surface area contributed by atoms with E-state index in [0.717, 1.165) is 18.5 Å². The van der Waals surface area contributed by atoms with Gasteiger partial charge in [-0.1, -0.05) is 0 Å². The second kappa shape index (κ2) is 9.71. The van der Waals surface area contributed by atoms with Crippen molar-refractivity contribution in [2.24, 2.45) is 7.05 Å². The lowest BCUT2D eigenvalue weighted by Crippen LogP contribution is -2.30. The molecule has 3 aromatic rings. The molecule has 2 amide bonds. The van der Waals surface area contributed by atoms with E-state index in [1.54, 1.807) is 25.5 Å². The summed E-state index contributed by atoms with van der Waals surface area (Å²) in [4.78, 5) is 38.3. The van der Waals surface area contributed by atoms with Gasteiger partial charge in [-0.25, -0.2) is 20.0 Å². The Bertz CT molecular complexity index is 1150. The van der Waals surface area contributed by atoms with E-state index in [0.29, 0.717) is 22.4 Å². The second-order valence-corrected chi connectivity index (χ2v) is 7.68. The van der Waals surface area contributed by atoms with Crippen LogP contribution >= 0.6 is 0 Å². The van der Waals surface area contributed by atoms with Crippen LogP contribution in [0, 0.1) is 0 Å². The molecule has 3 heterocycles. The second-order valence-electron chi connectivity index (χ2n) is 7.68. The summed E-state index contributed by atoms with van der Waals surface area (Å²) in [5, 5.41) is 29.2. The maximum Gasteiger partial charge on any atom is 0.299 e. The highest BCUT2D eigenvalue weighted by Crippen LogP contribution is 2.39. The lowest BCUT2D eigenvalue weighted by atomic mass is 10.2. The third-order valence-corrected chi connectivity index (χ3v) is 5.01. The zero-order chi connectivity index (χ0) is 23.4. The highest BCUT2D eigenvalue weighted by Gasteiger charge is 2.28. The van der Waals surface area contributed by atoms with Crippen LogP contribution in [0.4, 0.5) is 17.1 Å². The molecule has 0 radical (unpaired) electrons. The number of aliphatic hydroxyl groups excluding tert-OH is 1. The fraction of sp³-hybridized carbons (Fsp3) is 0.333. The summed E-state index contributed by atoms with van der Waals surface area (Å²) < 4.78 is 1.36. The molecular formula is C21H24N8O4. The highest BCUT2D eigenvalue weighted by atomic mass is 16.5. The van der Waals surface area contributed by atoms with Gasteiger partial charge in [-0.05, 0) is 31.4 Å². The van der Waals surface area contributed by atoms with Crippen molar-refractivity contribution in [2.45, 2.75) is 25.2 Å². The molecule has 12 nitrogen and oxygen atoms in total. The first-order valence-electron chi connectivity index (χ1n) is 10.5. The number of nitrogens with zero attached hydrogens (tertiary/aromatic N) is 6. The number of anilines is 3. The normalized spacial score (nSPS) is 12.9. The van der Waals surface area contributed by atoms with E-state index in [-0.39, 0.29) is 36.6 Å². The molecule has 172 valence electrons. The maximum absolute atomic E-state index is 13.2. The quantitative estimate of drug-likeness (QED) is 0.280. The fourth-order valence-electron chi connectivity index (χ4n) is 3.24. The number of nitrogens with one attached hydrogen (secondary N) is 2. The molecule has 1 fully saturated rings. The van der Waals surface area contributed by atoms with Crippen LogP contribution in [0.15, 0.2) is 37.1 Å². The molecule has 0 saturated heterocycles. The van der Waals surface area contributed by atoms with Crippen molar-refractivity contribution in [3.05, 3.63) is 54.1 Å². The van der Waals surface area contributed by atoms with Gasteiger partial charge in [-0.3, -0.25) is 19.5 Å². The molecule has 1 saturated carbocycles. The fourth-order valence-corrected chi connectivity index (χ4v) is 3.24. The van der Waals surface area contributed by atoms with Crippen molar-refractivity contribution in [1.82, 2.24) is 29.8 Å². The van der Waals surface area contributed by atoms with Gasteiger partial charge >= 0.3 is 0 Å². The van der Waals surface area contributed by atoms with Crippen LogP contribution in [0.25, 0.3) is 0 Å². The van der Waals surface area contributed by atoms with Crippen LogP contribution in [0.3, 0.4) is 0 Å². The number of pyridine rings is 1. The van der Waals surface area contributed by atoms with E-state index in [9.17, 15) is 14.8 Å². The van der Waals surface area contributed by atoms with Gasteiger partial charge in [-0.2, -0.15) is 5.10 Å². The number of rotatable bonds is 9. The number of hydrogen-bond donors (Lipinski definition) is 4. The van der Waals surface area contributed by atoms with E-state index < -0.39 is 11.8 Å². The first-order chi connectivity index (χ1) is 16.0. The van der Waals surface area contributed by atoms with E-state index in [2.05, 4.69) is 30.7 Å². The number of hydrogen-bond acceptors (Lipinski definition) is 9. The SMILES string of the molecule is Cn1cc(NC(=O)c2nc(C3CC3)ccc2Nc2cncnc2)c(C(=O)N(O)CCCO)n1. The van der Waals surface area contributed by atoms with Gasteiger partial charge in [0.05, 0.1) is 36.0 Å². The summed E-state index contributed by atoms with van der Waals surface area (Å²) in [7, 11) is 1.59. The molecular weight excluding hydrogens is 428 g/mol. The summed E-state index contributed by atoms with van der Waals surface area (Å²) in [5.41, 5.74) is 2.01. The molecule has 1 aliphatic rings. The average Bonchev–Trinajstić information content (AvgIpc) is 3.60. The first-order valence-corrected chi connectivity index (χ1v) is 10.5. The van der Waals surface area contributed by atoms with Gasteiger partial charge in [0, 0.05) is 31.5 Å².